The number of hydrogen-bond donors (Lipinski definition) is 2. The summed E-state index contributed by atoms with van der Waals surface area (Å²) in [5.41, 5.74) is 0.728. The molecule has 0 radical (unpaired) electrons. The monoisotopic (exact) mass is 585 g/mol. The van der Waals surface area contributed by atoms with Gasteiger partial charge in [-0.15, -0.1) is 0 Å². The maximum atomic E-state index is 12.7. The normalized spacial score (nSPS) is 47.8. The largest absolute Gasteiger partial charge is 0.356 e. The van der Waals surface area contributed by atoms with Crippen molar-refractivity contribution in [1.29, 1.82) is 0 Å². The van der Waals surface area contributed by atoms with Gasteiger partial charge in [0, 0.05) is 24.9 Å². The third-order valence-corrected chi connectivity index (χ3v) is 13.7. The summed E-state index contributed by atoms with van der Waals surface area (Å²) in [5.74, 6) is 4.17. The fourth-order valence-electron chi connectivity index (χ4n) is 11.5. The Morgan fingerprint density at radius 3 is 2.43 bits per heavy atom. The lowest BCUT2D eigenvalue weighted by Crippen LogP contribution is -2.56. The zero-order valence-corrected chi connectivity index (χ0v) is 27.4. The third-order valence-electron chi connectivity index (χ3n) is 13.7. The van der Waals surface area contributed by atoms with E-state index in [-0.39, 0.29) is 30.1 Å². The molecule has 42 heavy (non-hydrogen) atoms. The lowest BCUT2D eigenvalue weighted by molar-refractivity contribution is -0.273. The Labute approximate surface area is 255 Å². The van der Waals surface area contributed by atoms with Gasteiger partial charge in [0.25, 0.3) is 0 Å². The van der Waals surface area contributed by atoms with E-state index < -0.39 is 0 Å². The number of amides is 2. The molecule has 12 atom stereocenters. The predicted octanol–water partition coefficient (Wildman–Crippen LogP) is 5.38. The van der Waals surface area contributed by atoms with Crippen LogP contribution in [0.2, 0.25) is 0 Å². The van der Waals surface area contributed by atoms with Crippen molar-refractivity contribution in [3.8, 4) is 0 Å². The number of fused-ring (bicyclic) bond motifs is 7. The van der Waals surface area contributed by atoms with E-state index in [0.29, 0.717) is 47.2 Å². The van der Waals surface area contributed by atoms with Crippen LogP contribution in [-0.4, -0.2) is 68.4 Å². The first-order valence-electron chi connectivity index (χ1n) is 17.5. The van der Waals surface area contributed by atoms with Crippen LogP contribution >= 0.6 is 0 Å². The van der Waals surface area contributed by atoms with E-state index in [2.05, 4.69) is 43.2 Å². The minimum atomic E-state index is -0.327. The molecule has 0 unspecified atom stereocenters. The fraction of sp³-hybridized carbons (Fsp3) is 0.943. The zero-order chi connectivity index (χ0) is 29.9. The Balaban J connectivity index is 1.04. The standard InChI is InChI=1S/C35H59N3O4/c1-22-10-15-35(41-21-22)23(2)32-29(42-35)19-28-26-9-8-24-18-25(11-13-33(24,3)27(26)12-14-34(28,32)4)37-31(40)20-30(39)36-16-7-17-38(5)6/h22-29,32H,7-21H2,1-6H3,(H,36,39)(H,37,40)/t22-,23+,24-,25+,26-,27+,28+,29+,32+,33+,34+,35-/m1/s1. The lowest BCUT2D eigenvalue weighted by atomic mass is 9.44. The van der Waals surface area contributed by atoms with Gasteiger partial charge in [0.1, 0.15) is 6.42 Å². The fourth-order valence-corrected chi connectivity index (χ4v) is 11.5. The molecule has 238 valence electrons. The molecule has 6 rings (SSSR count). The molecule has 2 saturated heterocycles. The molecule has 0 bridgehead atoms. The molecule has 6 aliphatic rings. The van der Waals surface area contributed by atoms with E-state index in [1.807, 2.05) is 14.1 Å². The highest BCUT2D eigenvalue weighted by Gasteiger charge is 2.69. The minimum absolute atomic E-state index is 0.0560. The van der Waals surface area contributed by atoms with Crippen LogP contribution in [0.25, 0.3) is 0 Å². The molecule has 4 aliphatic carbocycles. The summed E-state index contributed by atoms with van der Waals surface area (Å²) >= 11 is 0. The van der Waals surface area contributed by atoms with E-state index in [1.165, 1.54) is 44.9 Å². The van der Waals surface area contributed by atoms with Gasteiger partial charge in [0.2, 0.25) is 11.8 Å². The van der Waals surface area contributed by atoms with Gasteiger partial charge < -0.3 is 25.0 Å². The molecule has 0 aromatic rings. The summed E-state index contributed by atoms with van der Waals surface area (Å²) in [4.78, 5) is 27.1. The second-order valence-corrected chi connectivity index (χ2v) is 16.4. The Morgan fingerprint density at radius 1 is 0.905 bits per heavy atom. The molecule has 4 saturated carbocycles. The Bertz CT molecular complexity index is 1010. The number of hydrogen-bond acceptors (Lipinski definition) is 5. The SMILES string of the molecule is C[C@@H]1CC[C@@]2(OC1)O[C@H]1C[C@H]3[C@@H]4CC[C@@H]5C[C@@H](NC(=O)CC(=O)NCCCN(C)C)CC[C@]5(C)[C@H]4CC[C@]3(C)[C@H]1[C@@H]2C. The average molecular weight is 586 g/mol. The number of carbonyl (C=O) groups excluding carboxylic acids is 2. The third kappa shape index (κ3) is 5.36. The summed E-state index contributed by atoms with van der Waals surface area (Å²) in [6.45, 7) is 12.4. The molecule has 7 nitrogen and oxygen atoms in total. The van der Waals surface area contributed by atoms with Crippen molar-refractivity contribution in [3.63, 3.8) is 0 Å². The van der Waals surface area contributed by atoms with Gasteiger partial charge in [0.15, 0.2) is 5.79 Å². The van der Waals surface area contributed by atoms with E-state index in [1.54, 1.807) is 0 Å². The molecule has 2 amide bonds. The van der Waals surface area contributed by atoms with E-state index in [4.69, 9.17) is 9.47 Å². The van der Waals surface area contributed by atoms with Gasteiger partial charge in [-0.1, -0.05) is 27.7 Å². The molecule has 0 aromatic carbocycles. The van der Waals surface area contributed by atoms with Gasteiger partial charge in [-0.25, -0.2) is 0 Å². The summed E-state index contributed by atoms with van der Waals surface area (Å²) in [7, 11) is 4.05. The molecule has 1 spiro atoms. The molecule has 2 N–H and O–H groups in total. The molecular formula is C35H59N3O4. The first-order chi connectivity index (χ1) is 19.9. The number of rotatable bonds is 7. The maximum absolute atomic E-state index is 12.7. The van der Waals surface area contributed by atoms with Crippen LogP contribution in [0, 0.1) is 52.3 Å². The molecule has 7 heteroatoms. The summed E-state index contributed by atoms with van der Waals surface area (Å²) in [5, 5.41) is 6.15. The van der Waals surface area contributed by atoms with Crippen molar-refractivity contribution in [3.05, 3.63) is 0 Å². The number of nitrogens with zero attached hydrogens (tertiary/aromatic N) is 1. The van der Waals surface area contributed by atoms with Crippen LogP contribution in [0.4, 0.5) is 0 Å². The molecule has 6 fully saturated rings. The van der Waals surface area contributed by atoms with Gasteiger partial charge in [0.05, 0.1) is 12.7 Å². The van der Waals surface area contributed by atoms with Crippen molar-refractivity contribution in [2.45, 2.75) is 123 Å². The molecular weight excluding hydrogens is 526 g/mol. The molecule has 0 aromatic heterocycles. The quantitative estimate of drug-likeness (QED) is 0.310. The smallest absolute Gasteiger partial charge is 0.229 e. The van der Waals surface area contributed by atoms with Crippen LogP contribution in [0.5, 0.6) is 0 Å². The average Bonchev–Trinajstić information content (AvgIpc) is 3.38. The number of ether oxygens (including phenoxy) is 2. The minimum Gasteiger partial charge on any atom is -0.356 e. The highest BCUT2D eigenvalue weighted by molar-refractivity contribution is 5.96. The van der Waals surface area contributed by atoms with Gasteiger partial charge >= 0.3 is 0 Å². The lowest BCUT2D eigenvalue weighted by Gasteiger charge is -2.61. The summed E-state index contributed by atoms with van der Waals surface area (Å²) in [6.07, 6.45) is 13.3. The van der Waals surface area contributed by atoms with Crippen LogP contribution in [0.1, 0.15) is 105 Å². The number of carbonyl (C=O) groups is 2. The summed E-state index contributed by atoms with van der Waals surface area (Å²) in [6, 6.07) is 0.206. The molecule has 2 heterocycles. The van der Waals surface area contributed by atoms with Gasteiger partial charge in [-0.2, -0.15) is 0 Å². The van der Waals surface area contributed by atoms with E-state index in [9.17, 15) is 9.59 Å². The Hall–Kier alpha value is -1.18. The van der Waals surface area contributed by atoms with Crippen molar-refractivity contribution >= 4 is 11.8 Å². The highest BCUT2D eigenvalue weighted by atomic mass is 16.7. The Morgan fingerprint density at radius 2 is 1.69 bits per heavy atom. The van der Waals surface area contributed by atoms with Crippen molar-refractivity contribution < 1.29 is 19.1 Å². The van der Waals surface area contributed by atoms with Crippen molar-refractivity contribution in [2.75, 3.05) is 33.8 Å². The maximum Gasteiger partial charge on any atom is 0.229 e. The second-order valence-electron chi connectivity index (χ2n) is 16.4. The highest BCUT2D eigenvalue weighted by Crippen LogP contribution is 2.71. The van der Waals surface area contributed by atoms with E-state index >= 15 is 0 Å². The summed E-state index contributed by atoms with van der Waals surface area (Å²) < 4.78 is 13.5. The molecule has 2 aliphatic heterocycles. The van der Waals surface area contributed by atoms with Crippen molar-refractivity contribution in [2.24, 2.45) is 52.3 Å². The van der Waals surface area contributed by atoms with Crippen molar-refractivity contribution in [1.82, 2.24) is 15.5 Å². The predicted molar refractivity (Wildman–Crippen MR) is 164 cm³/mol. The number of nitrogens with one attached hydrogen (secondary N) is 2. The topological polar surface area (TPSA) is 79.9 Å². The first-order valence-corrected chi connectivity index (χ1v) is 17.5. The van der Waals surface area contributed by atoms with Crippen LogP contribution in [0.3, 0.4) is 0 Å². The van der Waals surface area contributed by atoms with Crippen LogP contribution in [0.15, 0.2) is 0 Å². The van der Waals surface area contributed by atoms with Gasteiger partial charge in [-0.3, -0.25) is 9.59 Å². The Kier molecular flexibility index (Phi) is 8.54. The van der Waals surface area contributed by atoms with Gasteiger partial charge in [-0.05, 0) is 131 Å². The second kappa shape index (κ2) is 11.6. The van der Waals surface area contributed by atoms with E-state index in [0.717, 1.165) is 56.6 Å². The van der Waals surface area contributed by atoms with Crippen LogP contribution in [-0.2, 0) is 19.1 Å². The van der Waals surface area contributed by atoms with Crippen LogP contribution < -0.4 is 10.6 Å². The first kappa shape index (κ1) is 30.8. The zero-order valence-electron chi connectivity index (χ0n) is 27.4.